The molecule has 0 bridgehead atoms. The van der Waals surface area contributed by atoms with Crippen molar-refractivity contribution in [3.63, 3.8) is 0 Å². The predicted octanol–water partition coefficient (Wildman–Crippen LogP) is 2.15. The van der Waals surface area contributed by atoms with Gasteiger partial charge in [0.1, 0.15) is 5.39 Å². The van der Waals surface area contributed by atoms with E-state index in [9.17, 15) is 9.59 Å². The summed E-state index contributed by atoms with van der Waals surface area (Å²) in [6, 6.07) is 1.31. The first-order valence-corrected chi connectivity index (χ1v) is 9.06. The number of hydrogen-bond acceptors (Lipinski definition) is 7. The van der Waals surface area contributed by atoms with E-state index in [0.717, 1.165) is 12.1 Å². The Labute approximate surface area is 149 Å². The lowest BCUT2D eigenvalue weighted by atomic mass is 9.81. The topological polar surface area (TPSA) is 107 Å². The van der Waals surface area contributed by atoms with E-state index in [1.165, 1.54) is 25.3 Å². The Morgan fingerprint density at radius 1 is 1.27 bits per heavy atom. The summed E-state index contributed by atoms with van der Waals surface area (Å²) in [6.07, 6.45) is 6.69. The average molecular weight is 359 g/mol. The molecule has 1 aliphatic heterocycles. The fourth-order valence-corrected chi connectivity index (χ4v) is 3.32. The van der Waals surface area contributed by atoms with Gasteiger partial charge in [0.15, 0.2) is 0 Å². The molecule has 0 unspecified atom stereocenters. The summed E-state index contributed by atoms with van der Waals surface area (Å²) in [5.41, 5.74) is 0.617. The highest BCUT2D eigenvalue weighted by atomic mass is 16.6. The first kappa shape index (κ1) is 17.0. The summed E-state index contributed by atoms with van der Waals surface area (Å²) in [4.78, 5) is 36.3. The van der Waals surface area contributed by atoms with E-state index in [4.69, 9.17) is 14.0 Å². The van der Waals surface area contributed by atoms with Gasteiger partial charge in [0.2, 0.25) is 5.71 Å². The number of hydrogen-bond donors (Lipinski definition) is 1. The Morgan fingerprint density at radius 3 is 2.81 bits per heavy atom. The average Bonchev–Trinajstić information content (AvgIpc) is 2.59. The second kappa shape index (κ2) is 7.41. The van der Waals surface area contributed by atoms with Crippen molar-refractivity contribution >= 4 is 16.8 Å². The van der Waals surface area contributed by atoms with Crippen LogP contribution in [0.1, 0.15) is 44.1 Å². The van der Waals surface area contributed by atoms with E-state index in [-0.39, 0.29) is 17.3 Å². The number of aromatic nitrogens is 2. The molecule has 138 valence electrons. The Hall–Kier alpha value is -2.48. The molecule has 8 heteroatoms. The molecular weight excluding hydrogens is 338 g/mol. The lowest BCUT2D eigenvalue weighted by Crippen LogP contribution is -2.18. The maximum atomic E-state index is 12.5. The minimum atomic E-state index is -0.513. The first-order chi connectivity index (χ1) is 12.7. The van der Waals surface area contributed by atoms with Crippen LogP contribution in [-0.4, -0.2) is 28.9 Å². The molecule has 1 saturated carbocycles. The number of oxime groups is 1. The van der Waals surface area contributed by atoms with Gasteiger partial charge in [0.05, 0.1) is 18.9 Å². The maximum absolute atomic E-state index is 12.5. The molecule has 2 aromatic rings. The molecule has 4 rings (SSSR count). The highest BCUT2D eigenvalue weighted by Crippen LogP contribution is 2.31. The van der Waals surface area contributed by atoms with E-state index in [0.29, 0.717) is 49.3 Å². The molecule has 0 spiro atoms. The number of ether oxygens (including phenoxy) is 1. The Kier molecular flexibility index (Phi) is 4.83. The monoisotopic (exact) mass is 359 g/mol. The Bertz CT molecular complexity index is 934. The summed E-state index contributed by atoms with van der Waals surface area (Å²) in [6.45, 7) is 1.20. The van der Waals surface area contributed by atoms with E-state index >= 15 is 0 Å². The van der Waals surface area contributed by atoms with Crippen LogP contribution in [-0.2, 0) is 11.2 Å². The van der Waals surface area contributed by atoms with Crippen LogP contribution >= 0.6 is 0 Å². The maximum Gasteiger partial charge on any atom is 0.337 e. The Morgan fingerprint density at radius 2 is 2.08 bits per heavy atom. The minimum absolute atomic E-state index is 0.00737. The van der Waals surface area contributed by atoms with Crippen molar-refractivity contribution in [1.82, 2.24) is 9.97 Å². The fraction of sp³-hybridized carbons (Fsp3) is 0.556. The summed E-state index contributed by atoms with van der Waals surface area (Å²) < 4.78 is 10.4. The van der Waals surface area contributed by atoms with Crippen LogP contribution in [0, 0.1) is 5.92 Å². The molecule has 0 aromatic carbocycles. The van der Waals surface area contributed by atoms with Crippen LogP contribution in [0.15, 0.2) is 25.2 Å². The summed E-state index contributed by atoms with van der Waals surface area (Å²) in [5, 5.41) is 4.32. The lowest BCUT2D eigenvalue weighted by molar-refractivity contribution is 0.132. The van der Waals surface area contributed by atoms with Crippen molar-refractivity contribution in [2.75, 3.05) is 13.2 Å². The van der Waals surface area contributed by atoms with Gasteiger partial charge in [-0.3, -0.25) is 9.78 Å². The van der Waals surface area contributed by atoms with Gasteiger partial charge in [-0.25, -0.2) is 4.79 Å². The zero-order chi connectivity index (χ0) is 17.9. The zero-order valence-electron chi connectivity index (χ0n) is 14.5. The lowest BCUT2D eigenvalue weighted by Gasteiger charge is -2.25. The van der Waals surface area contributed by atoms with Gasteiger partial charge in [0, 0.05) is 18.9 Å². The molecule has 2 aliphatic rings. The second-order valence-electron chi connectivity index (χ2n) is 6.84. The molecule has 0 amide bonds. The molecule has 0 atom stereocenters. The van der Waals surface area contributed by atoms with Crippen LogP contribution in [0.2, 0.25) is 0 Å². The standard InChI is InChI=1S/C18H21N3O5/c22-14-10-12(5-4-11-2-1-3-11)15-16(23)19-18(20-17(15)25-14)26-21-13-6-8-24-9-7-13/h10-11H,1-9H2,(H,19,20,23). The summed E-state index contributed by atoms with van der Waals surface area (Å²) >= 11 is 0. The number of rotatable bonds is 5. The highest BCUT2D eigenvalue weighted by Gasteiger charge is 2.19. The van der Waals surface area contributed by atoms with Crippen molar-refractivity contribution < 1.29 is 14.0 Å². The molecule has 8 nitrogen and oxygen atoms in total. The quantitative estimate of drug-likeness (QED) is 0.820. The van der Waals surface area contributed by atoms with Crippen LogP contribution < -0.4 is 16.0 Å². The molecule has 3 heterocycles. The Balaban J connectivity index is 1.61. The van der Waals surface area contributed by atoms with E-state index in [1.54, 1.807) is 0 Å². The SMILES string of the molecule is O=c1cc(CCC2CCC2)c2c(=O)[nH]c(ON=C3CCOCC3)nc2o1. The van der Waals surface area contributed by atoms with Crippen molar-refractivity contribution in [1.29, 1.82) is 0 Å². The third-order valence-corrected chi connectivity index (χ3v) is 5.05. The van der Waals surface area contributed by atoms with Gasteiger partial charge >= 0.3 is 11.6 Å². The third kappa shape index (κ3) is 3.70. The number of fused-ring (bicyclic) bond motifs is 1. The number of aryl methyl sites for hydroxylation is 1. The molecule has 2 fully saturated rings. The molecule has 2 aromatic heterocycles. The largest absolute Gasteiger partial charge is 0.403 e. The summed E-state index contributed by atoms with van der Waals surface area (Å²) in [7, 11) is 0. The second-order valence-corrected chi connectivity index (χ2v) is 6.84. The molecular formula is C18H21N3O5. The molecule has 0 radical (unpaired) electrons. The van der Waals surface area contributed by atoms with Crippen LogP contribution in [0.25, 0.3) is 11.1 Å². The molecule has 1 aliphatic carbocycles. The highest BCUT2D eigenvalue weighted by molar-refractivity contribution is 5.84. The van der Waals surface area contributed by atoms with Gasteiger partial charge in [-0.2, -0.15) is 4.98 Å². The van der Waals surface area contributed by atoms with E-state index in [1.807, 2.05) is 0 Å². The van der Waals surface area contributed by atoms with Crippen molar-refractivity contribution in [2.45, 2.75) is 44.9 Å². The van der Waals surface area contributed by atoms with Crippen LogP contribution in [0.5, 0.6) is 6.01 Å². The predicted molar refractivity (Wildman–Crippen MR) is 94.7 cm³/mol. The van der Waals surface area contributed by atoms with Crippen molar-refractivity contribution in [3.05, 3.63) is 32.4 Å². The summed E-state index contributed by atoms with van der Waals surface area (Å²) in [5.74, 6) is 0.683. The van der Waals surface area contributed by atoms with Crippen LogP contribution in [0.4, 0.5) is 0 Å². The van der Waals surface area contributed by atoms with Gasteiger partial charge in [-0.1, -0.05) is 24.4 Å². The number of nitrogens with one attached hydrogen (secondary N) is 1. The molecule has 1 saturated heterocycles. The van der Waals surface area contributed by atoms with Crippen LogP contribution in [0.3, 0.4) is 0 Å². The molecule has 26 heavy (non-hydrogen) atoms. The number of H-pyrrole nitrogens is 1. The van der Waals surface area contributed by atoms with E-state index < -0.39 is 5.63 Å². The third-order valence-electron chi connectivity index (χ3n) is 5.05. The van der Waals surface area contributed by atoms with Crippen molar-refractivity contribution in [3.8, 4) is 6.01 Å². The molecule has 1 N–H and O–H groups in total. The van der Waals surface area contributed by atoms with Gasteiger partial charge in [-0.15, -0.1) is 0 Å². The van der Waals surface area contributed by atoms with Crippen molar-refractivity contribution in [2.24, 2.45) is 11.1 Å². The zero-order valence-corrected chi connectivity index (χ0v) is 14.5. The van der Waals surface area contributed by atoms with E-state index in [2.05, 4.69) is 15.1 Å². The van der Waals surface area contributed by atoms with Gasteiger partial charge in [-0.05, 0) is 24.3 Å². The number of nitrogens with zero attached hydrogens (tertiary/aromatic N) is 2. The first-order valence-electron chi connectivity index (χ1n) is 9.06. The number of aromatic amines is 1. The minimum Gasteiger partial charge on any atom is -0.403 e. The van der Waals surface area contributed by atoms with Gasteiger partial charge < -0.3 is 14.0 Å². The normalized spacial score (nSPS) is 17.9. The fourth-order valence-electron chi connectivity index (χ4n) is 3.32. The smallest absolute Gasteiger partial charge is 0.337 e. The van der Waals surface area contributed by atoms with Gasteiger partial charge in [0.25, 0.3) is 5.56 Å².